The number of hydrogen-bond acceptors (Lipinski definition) is 2. The Labute approximate surface area is 140 Å². The molecule has 3 heteroatoms. The van der Waals surface area contributed by atoms with Gasteiger partial charge < -0.3 is 10.4 Å². The van der Waals surface area contributed by atoms with E-state index < -0.39 is 5.97 Å². The molecule has 1 saturated carbocycles. The monoisotopic (exact) mass is 317 g/mol. The number of carbonyl (C=O) groups is 1. The highest BCUT2D eigenvalue weighted by Crippen LogP contribution is 2.25. The smallest absolute Gasteiger partial charge is 0.303 e. The van der Waals surface area contributed by atoms with Gasteiger partial charge in [0.2, 0.25) is 0 Å². The number of aliphatic carboxylic acids is 1. The van der Waals surface area contributed by atoms with Gasteiger partial charge in [-0.3, -0.25) is 4.79 Å². The highest BCUT2D eigenvalue weighted by molar-refractivity contribution is 5.66. The third-order valence-electron chi connectivity index (χ3n) is 4.99. The summed E-state index contributed by atoms with van der Waals surface area (Å²) >= 11 is 0. The molecule has 0 radical (unpaired) electrons. The third kappa shape index (κ3) is 7.65. The zero-order chi connectivity index (χ0) is 16.3. The number of carboxylic acid groups (broad SMARTS) is 1. The minimum Gasteiger partial charge on any atom is -0.481 e. The van der Waals surface area contributed by atoms with E-state index in [1.165, 1.54) is 50.5 Å². The van der Waals surface area contributed by atoms with E-state index in [1.807, 2.05) is 6.07 Å². The lowest BCUT2D eigenvalue weighted by Gasteiger charge is -2.20. The molecular formula is C20H31NO2. The highest BCUT2D eigenvalue weighted by Gasteiger charge is 2.14. The number of benzene rings is 1. The average molecular weight is 317 g/mol. The lowest BCUT2D eigenvalue weighted by molar-refractivity contribution is -0.137. The zero-order valence-electron chi connectivity index (χ0n) is 14.2. The maximum Gasteiger partial charge on any atom is 0.303 e. The highest BCUT2D eigenvalue weighted by atomic mass is 16.4. The summed E-state index contributed by atoms with van der Waals surface area (Å²) in [6.07, 6.45) is 11.4. The first kappa shape index (κ1) is 18.0. The van der Waals surface area contributed by atoms with Crippen LogP contribution in [0.15, 0.2) is 30.3 Å². The van der Waals surface area contributed by atoms with E-state index in [4.69, 9.17) is 5.11 Å². The predicted octanol–water partition coefficient (Wildman–Crippen LogP) is 4.41. The summed E-state index contributed by atoms with van der Waals surface area (Å²) in [5.74, 6) is 0.162. The Morgan fingerprint density at radius 1 is 1.13 bits per heavy atom. The van der Waals surface area contributed by atoms with Gasteiger partial charge in [0.25, 0.3) is 0 Å². The molecule has 1 unspecified atom stereocenters. The molecule has 1 aromatic carbocycles. The van der Waals surface area contributed by atoms with Crippen molar-refractivity contribution in [1.82, 2.24) is 5.32 Å². The van der Waals surface area contributed by atoms with Crippen molar-refractivity contribution in [2.45, 2.75) is 70.3 Å². The Bertz CT molecular complexity index is 438. The molecule has 2 rings (SSSR count). The van der Waals surface area contributed by atoms with Crippen molar-refractivity contribution in [2.24, 2.45) is 5.92 Å². The minimum absolute atomic E-state index is 0.244. The molecule has 1 aliphatic carbocycles. The lowest BCUT2D eigenvalue weighted by Crippen LogP contribution is -2.33. The van der Waals surface area contributed by atoms with Gasteiger partial charge in [0, 0.05) is 12.5 Å². The Morgan fingerprint density at radius 3 is 2.48 bits per heavy atom. The molecule has 0 saturated heterocycles. The number of nitrogens with one attached hydrogen (secondary N) is 1. The normalized spacial score (nSPS) is 17.6. The summed E-state index contributed by atoms with van der Waals surface area (Å²) in [6.45, 7) is 1.02. The molecule has 23 heavy (non-hydrogen) atoms. The van der Waals surface area contributed by atoms with E-state index in [0.29, 0.717) is 6.42 Å². The van der Waals surface area contributed by atoms with Gasteiger partial charge in [0.15, 0.2) is 0 Å². The molecule has 1 fully saturated rings. The molecule has 3 nitrogen and oxygen atoms in total. The summed E-state index contributed by atoms with van der Waals surface area (Å²) in [5.41, 5.74) is 1.28. The first-order valence-corrected chi connectivity index (χ1v) is 9.23. The summed E-state index contributed by atoms with van der Waals surface area (Å²) in [5, 5.41) is 12.6. The second kappa shape index (κ2) is 10.4. The van der Waals surface area contributed by atoms with Gasteiger partial charge in [-0.2, -0.15) is 0 Å². The standard InChI is InChI=1S/C20H31NO2/c22-20(23)13-12-19(16-18-10-6-3-7-11-18)21-15-14-17-8-4-1-2-5-9-17/h3,6-7,10-11,17,19,21H,1-2,4-5,8-9,12-16H2,(H,22,23). The van der Waals surface area contributed by atoms with E-state index in [-0.39, 0.29) is 12.5 Å². The van der Waals surface area contributed by atoms with Crippen LogP contribution in [0.3, 0.4) is 0 Å². The predicted molar refractivity (Wildman–Crippen MR) is 94.6 cm³/mol. The molecule has 1 aliphatic rings. The molecule has 0 bridgehead atoms. The summed E-state index contributed by atoms with van der Waals surface area (Å²) in [4.78, 5) is 10.9. The van der Waals surface area contributed by atoms with Gasteiger partial charge >= 0.3 is 5.97 Å². The Kier molecular flexibility index (Phi) is 8.16. The van der Waals surface area contributed by atoms with E-state index in [2.05, 4.69) is 29.6 Å². The van der Waals surface area contributed by atoms with E-state index in [0.717, 1.165) is 18.9 Å². The average Bonchev–Trinajstić information content (AvgIpc) is 2.82. The molecule has 2 N–H and O–H groups in total. The van der Waals surface area contributed by atoms with Crippen molar-refractivity contribution in [1.29, 1.82) is 0 Å². The van der Waals surface area contributed by atoms with Gasteiger partial charge in [-0.15, -0.1) is 0 Å². The topological polar surface area (TPSA) is 49.3 Å². The van der Waals surface area contributed by atoms with Crippen LogP contribution in [-0.2, 0) is 11.2 Å². The fourth-order valence-electron chi connectivity index (χ4n) is 3.62. The van der Waals surface area contributed by atoms with Crippen molar-refractivity contribution in [2.75, 3.05) is 6.54 Å². The molecule has 1 atom stereocenters. The molecule has 128 valence electrons. The van der Waals surface area contributed by atoms with Crippen LogP contribution < -0.4 is 5.32 Å². The zero-order valence-corrected chi connectivity index (χ0v) is 14.2. The molecule has 0 aromatic heterocycles. The van der Waals surface area contributed by atoms with Gasteiger partial charge in [0.05, 0.1) is 0 Å². The number of rotatable bonds is 9. The van der Waals surface area contributed by atoms with Gasteiger partial charge in [0.1, 0.15) is 0 Å². The fourth-order valence-corrected chi connectivity index (χ4v) is 3.62. The van der Waals surface area contributed by atoms with Crippen LogP contribution in [0.2, 0.25) is 0 Å². The maximum absolute atomic E-state index is 10.9. The molecule has 0 spiro atoms. The molecule has 0 heterocycles. The minimum atomic E-state index is -0.700. The van der Waals surface area contributed by atoms with Crippen LogP contribution in [0.25, 0.3) is 0 Å². The molecule has 1 aromatic rings. The lowest BCUT2D eigenvalue weighted by atomic mass is 9.96. The van der Waals surface area contributed by atoms with Gasteiger partial charge in [-0.25, -0.2) is 0 Å². The summed E-state index contributed by atoms with van der Waals surface area (Å²) < 4.78 is 0. The van der Waals surface area contributed by atoms with Crippen LogP contribution in [0, 0.1) is 5.92 Å². The van der Waals surface area contributed by atoms with Crippen molar-refractivity contribution >= 4 is 5.97 Å². The van der Waals surface area contributed by atoms with Gasteiger partial charge in [-0.1, -0.05) is 68.9 Å². The second-order valence-electron chi connectivity index (χ2n) is 6.92. The largest absolute Gasteiger partial charge is 0.481 e. The molecular weight excluding hydrogens is 286 g/mol. The summed E-state index contributed by atoms with van der Waals surface area (Å²) in [6, 6.07) is 10.6. The quantitative estimate of drug-likeness (QED) is 0.663. The van der Waals surface area contributed by atoms with Crippen LogP contribution in [0.5, 0.6) is 0 Å². The first-order valence-electron chi connectivity index (χ1n) is 9.23. The Hall–Kier alpha value is -1.35. The van der Waals surface area contributed by atoms with Crippen molar-refractivity contribution in [3.05, 3.63) is 35.9 Å². The van der Waals surface area contributed by atoms with E-state index in [1.54, 1.807) is 0 Å². The second-order valence-corrected chi connectivity index (χ2v) is 6.92. The Balaban J connectivity index is 1.77. The molecule has 0 amide bonds. The van der Waals surface area contributed by atoms with Crippen molar-refractivity contribution in [3.63, 3.8) is 0 Å². The van der Waals surface area contributed by atoms with Crippen molar-refractivity contribution in [3.8, 4) is 0 Å². The van der Waals surface area contributed by atoms with E-state index >= 15 is 0 Å². The SMILES string of the molecule is O=C(O)CCC(Cc1ccccc1)NCCC1CCCCCC1. The van der Waals surface area contributed by atoms with Crippen LogP contribution >= 0.6 is 0 Å². The fraction of sp³-hybridized carbons (Fsp3) is 0.650. The molecule has 0 aliphatic heterocycles. The van der Waals surface area contributed by atoms with Crippen LogP contribution in [0.1, 0.15) is 63.4 Å². The Morgan fingerprint density at radius 2 is 1.83 bits per heavy atom. The van der Waals surface area contributed by atoms with Crippen molar-refractivity contribution < 1.29 is 9.90 Å². The summed E-state index contributed by atoms with van der Waals surface area (Å²) in [7, 11) is 0. The maximum atomic E-state index is 10.9. The third-order valence-corrected chi connectivity index (χ3v) is 4.99. The number of carboxylic acids is 1. The van der Waals surface area contributed by atoms with Crippen LogP contribution in [-0.4, -0.2) is 23.7 Å². The van der Waals surface area contributed by atoms with Crippen LogP contribution in [0.4, 0.5) is 0 Å². The van der Waals surface area contributed by atoms with E-state index in [9.17, 15) is 4.79 Å². The number of hydrogen-bond donors (Lipinski definition) is 2. The van der Waals surface area contributed by atoms with Gasteiger partial charge in [-0.05, 0) is 37.3 Å². The first-order chi connectivity index (χ1) is 11.2.